The zero-order valence-corrected chi connectivity index (χ0v) is 34.8. The first-order valence-electron chi connectivity index (χ1n) is 19.9. The van der Waals surface area contributed by atoms with Gasteiger partial charge in [-0.1, -0.05) is 23.7 Å². The zero-order chi connectivity index (χ0) is 45.1. The largest absolute Gasteiger partial charge is 0.507 e. The number of imide groups is 1. The van der Waals surface area contributed by atoms with E-state index in [-0.39, 0.29) is 50.7 Å². The van der Waals surface area contributed by atoms with Crippen molar-refractivity contribution in [1.82, 2.24) is 10.3 Å². The maximum absolute atomic E-state index is 14.2. The van der Waals surface area contributed by atoms with Crippen LogP contribution >= 0.6 is 11.6 Å². The first-order chi connectivity index (χ1) is 30.1. The minimum Gasteiger partial charge on any atom is -0.507 e. The molecule has 3 aromatic rings. The summed E-state index contributed by atoms with van der Waals surface area (Å²) in [6.07, 6.45) is -3.86. The van der Waals surface area contributed by atoms with Crippen molar-refractivity contribution in [3.8, 4) is 17.2 Å². The second-order valence-electron chi connectivity index (χ2n) is 15.7. The lowest BCUT2D eigenvalue weighted by Crippen LogP contribution is -2.59. The zero-order valence-electron chi connectivity index (χ0n) is 34.1. The molecule has 6 N–H and O–H groups in total. The molecule has 2 aliphatic carbocycles. The van der Waals surface area contributed by atoms with Gasteiger partial charge in [0.15, 0.2) is 18.4 Å². The topological polar surface area (TPSA) is 264 Å². The van der Waals surface area contributed by atoms with Gasteiger partial charge in [0.2, 0.25) is 5.78 Å². The van der Waals surface area contributed by atoms with Crippen LogP contribution in [0.3, 0.4) is 0 Å². The minimum absolute atomic E-state index is 0.0309. The van der Waals surface area contributed by atoms with E-state index in [1.54, 1.807) is 6.92 Å². The summed E-state index contributed by atoms with van der Waals surface area (Å²) in [4.78, 5) is 68.9. The quantitative estimate of drug-likeness (QED) is 0.0572. The van der Waals surface area contributed by atoms with Crippen molar-refractivity contribution < 1.29 is 73.2 Å². The third kappa shape index (κ3) is 7.68. The number of carbonyl (C=O) groups is 5. The van der Waals surface area contributed by atoms with Crippen molar-refractivity contribution in [2.24, 2.45) is 5.10 Å². The van der Waals surface area contributed by atoms with Crippen LogP contribution in [0.1, 0.15) is 79.2 Å². The van der Waals surface area contributed by atoms with Crippen LogP contribution in [-0.2, 0) is 35.0 Å². The summed E-state index contributed by atoms with van der Waals surface area (Å²) >= 11 is 6.37. The first-order valence-corrected chi connectivity index (χ1v) is 20.3. The van der Waals surface area contributed by atoms with Gasteiger partial charge in [-0.2, -0.15) is 5.10 Å². The molecule has 63 heavy (non-hydrogen) atoms. The first kappa shape index (κ1) is 44.0. The van der Waals surface area contributed by atoms with E-state index in [0.29, 0.717) is 19.7 Å². The number of anilines is 1. The van der Waals surface area contributed by atoms with E-state index in [1.165, 1.54) is 50.6 Å². The summed E-state index contributed by atoms with van der Waals surface area (Å²) in [5.74, 6) is -5.15. The van der Waals surface area contributed by atoms with Gasteiger partial charge in [-0.05, 0) is 31.2 Å². The van der Waals surface area contributed by atoms with E-state index >= 15 is 0 Å². The summed E-state index contributed by atoms with van der Waals surface area (Å²) in [7, 11) is 2.81. The summed E-state index contributed by atoms with van der Waals surface area (Å²) in [6.45, 7) is 1.77. The van der Waals surface area contributed by atoms with Gasteiger partial charge in [-0.25, -0.2) is 10.3 Å². The number of ketones is 2. The van der Waals surface area contributed by atoms with E-state index < -0.39 is 120 Å². The number of aliphatic hydroxyl groups is 3. The number of morpholine rings is 1. The van der Waals surface area contributed by atoms with Crippen LogP contribution in [0.4, 0.5) is 5.69 Å². The number of benzene rings is 3. The standard InChI is InChI=1S/C43H43ClN4O15/c1-19-37(52)25(47-11-12-61-32(17-47)60-3)14-31(62-19)63-27-16-43(58,28(18-49)45-46-42(57)20-7-8-24(23(44)13-20)48-29(50)9-10-30(48)51)15-22-34(27)41(56)36-35(39(22)54)38(53)21-5-4-6-26(59-2)33(21)40(36)55/h4-10,13,19,25,27,31-32,37,49,52,54,56,58H,11-12,14-18H2,1-3H3,(H,46,57)/b45-28+/t19-,25?,27-,31-,32-,37+,43-/m0/s1. The van der Waals surface area contributed by atoms with Gasteiger partial charge in [0.1, 0.15) is 22.8 Å². The molecule has 20 heteroatoms. The lowest BCUT2D eigenvalue weighted by molar-refractivity contribution is -0.265. The molecule has 332 valence electrons. The lowest BCUT2D eigenvalue weighted by Gasteiger charge is -2.47. The van der Waals surface area contributed by atoms with Crippen molar-refractivity contribution in [3.63, 3.8) is 0 Å². The summed E-state index contributed by atoms with van der Waals surface area (Å²) < 4.78 is 29.1. The number of ether oxygens (including phenoxy) is 5. The number of methoxy groups -OCH3 is 2. The van der Waals surface area contributed by atoms with Crippen molar-refractivity contribution >= 4 is 52.3 Å². The number of hydrogen-bond acceptors (Lipinski definition) is 17. The van der Waals surface area contributed by atoms with Gasteiger partial charge in [-0.15, -0.1) is 0 Å². The Morgan fingerprint density at radius 3 is 2.43 bits per heavy atom. The number of amides is 3. The number of rotatable bonds is 10. The van der Waals surface area contributed by atoms with Crippen LogP contribution in [0.2, 0.25) is 5.02 Å². The molecule has 7 atom stereocenters. The molecule has 0 spiro atoms. The summed E-state index contributed by atoms with van der Waals surface area (Å²) in [5.41, 5.74) is -2.14. The number of nitrogens with zero attached hydrogens (tertiary/aromatic N) is 3. The molecule has 2 fully saturated rings. The van der Waals surface area contributed by atoms with Crippen LogP contribution in [-0.4, -0.2) is 142 Å². The molecular formula is C43H43ClN4O15. The number of phenols is 2. The number of aromatic hydroxyl groups is 2. The number of halogens is 1. The fourth-order valence-corrected chi connectivity index (χ4v) is 9.20. The van der Waals surface area contributed by atoms with Crippen LogP contribution in [0.25, 0.3) is 0 Å². The van der Waals surface area contributed by atoms with Gasteiger partial charge < -0.3 is 49.2 Å². The van der Waals surface area contributed by atoms with E-state index in [2.05, 4.69) is 10.5 Å². The summed E-state index contributed by atoms with van der Waals surface area (Å²) in [5, 5.41) is 62.5. The molecule has 0 saturated carbocycles. The van der Waals surface area contributed by atoms with Gasteiger partial charge >= 0.3 is 0 Å². The minimum atomic E-state index is -2.28. The van der Waals surface area contributed by atoms with Crippen LogP contribution in [0, 0.1) is 0 Å². The highest BCUT2D eigenvalue weighted by Gasteiger charge is 2.50. The molecule has 3 amide bonds. The van der Waals surface area contributed by atoms with Gasteiger partial charge in [0.25, 0.3) is 17.7 Å². The van der Waals surface area contributed by atoms with E-state index in [4.69, 9.17) is 35.3 Å². The van der Waals surface area contributed by atoms with Crippen LogP contribution in [0.5, 0.6) is 17.2 Å². The highest BCUT2D eigenvalue weighted by molar-refractivity contribution is 6.37. The lowest BCUT2D eigenvalue weighted by atomic mass is 9.71. The van der Waals surface area contributed by atoms with E-state index in [0.717, 1.165) is 17.1 Å². The monoisotopic (exact) mass is 890 g/mol. The fourth-order valence-electron chi connectivity index (χ4n) is 8.93. The second-order valence-corrected chi connectivity index (χ2v) is 16.1. The number of hydrazone groups is 1. The maximum Gasteiger partial charge on any atom is 0.271 e. The molecular weight excluding hydrogens is 848 g/mol. The molecule has 19 nitrogen and oxygen atoms in total. The average molecular weight is 891 g/mol. The Kier molecular flexibility index (Phi) is 12.0. The normalized spacial score (nSPS) is 27.3. The van der Waals surface area contributed by atoms with Gasteiger partial charge in [-0.3, -0.25) is 28.9 Å². The molecule has 3 aliphatic heterocycles. The summed E-state index contributed by atoms with van der Waals surface area (Å²) in [6, 6.07) is 7.53. The Balaban J connectivity index is 1.16. The maximum atomic E-state index is 14.2. The van der Waals surface area contributed by atoms with Crippen molar-refractivity contribution in [2.45, 2.75) is 68.7 Å². The molecule has 5 aliphatic rings. The van der Waals surface area contributed by atoms with E-state index in [1.807, 2.05) is 4.90 Å². The highest BCUT2D eigenvalue weighted by atomic mass is 35.5. The smallest absolute Gasteiger partial charge is 0.271 e. The number of aliphatic hydroxyl groups excluding tert-OH is 2. The molecule has 8 rings (SSSR count). The third-order valence-corrected chi connectivity index (χ3v) is 12.4. The van der Waals surface area contributed by atoms with E-state index in [9.17, 15) is 49.5 Å². The Hall–Kier alpha value is -5.61. The predicted molar refractivity (Wildman–Crippen MR) is 219 cm³/mol. The molecule has 3 heterocycles. The molecule has 1 unspecified atom stereocenters. The second kappa shape index (κ2) is 17.2. The Morgan fingerprint density at radius 2 is 1.75 bits per heavy atom. The molecule has 0 bridgehead atoms. The van der Waals surface area contributed by atoms with Crippen LogP contribution in [0.15, 0.2) is 53.7 Å². The SMILES string of the molecule is COc1cccc2c1C(=O)c1c(O)c3c(c(O)c1C2=O)C[C@@](O)(/C(CO)=N/NC(=O)c1ccc(N2C(=O)C=CC2=O)c(Cl)c1)C[C@@H]3O[C@H]1CC(N2CCO[C@H](OC)C2)[C@H](O)[C@H](C)O1. The fraction of sp³-hybridized carbons (Fsp3) is 0.395. The Labute approximate surface area is 364 Å². The number of carbonyl (C=O) groups excluding carboxylic acids is 5. The highest BCUT2D eigenvalue weighted by Crippen LogP contribution is 2.53. The van der Waals surface area contributed by atoms with Crippen molar-refractivity contribution in [3.05, 3.63) is 92.5 Å². The molecule has 2 saturated heterocycles. The van der Waals surface area contributed by atoms with Crippen molar-refractivity contribution in [2.75, 3.05) is 45.4 Å². The number of fused-ring (bicyclic) bond motifs is 3. The number of phenolic OH excluding ortho intramolecular Hbond substituents is 2. The molecule has 0 radical (unpaired) electrons. The average Bonchev–Trinajstić information content (AvgIpc) is 3.60. The predicted octanol–water partition coefficient (Wildman–Crippen LogP) is 1.65. The molecule has 0 aromatic heterocycles. The van der Waals surface area contributed by atoms with Crippen molar-refractivity contribution in [1.29, 1.82) is 0 Å². The van der Waals surface area contributed by atoms with Crippen LogP contribution < -0.4 is 15.1 Å². The van der Waals surface area contributed by atoms with Gasteiger partial charge in [0, 0.05) is 79.9 Å². The third-order valence-electron chi connectivity index (χ3n) is 12.1. The van der Waals surface area contributed by atoms with Gasteiger partial charge in [0.05, 0.1) is 71.7 Å². The number of hydrogen-bond donors (Lipinski definition) is 6. The Morgan fingerprint density at radius 1 is 1.02 bits per heavy atom. The number of nitrogens with one attached hydrogen (secondary N) is 1. The molecule has 3 aromatic carbocycles. The Bertz CT molecular complexity index is 2480.